The Morgan fingerprint density at radius 2 is 1.93 bits per heavy atom. The molecule has 0 aromatic heterocycles. The van der Waals surface area contributed by atoms with Crippen molar-refractivity contribution in [3.05, 3.63) is 34.3 Å². The molecule has 1 atom stereocenters. The Morgan fingerprint density at radius 3 is 2.40 bits per heavy atom. The summed E-state index contributed by atoms with van der Waals surface area (Å²) < 4.78 is 0. The van der Waals surface area contributed by atoms with Crippen molar-refractivity contribution in [2.45, 2.75) is 6.04 Å². The smallest absolute Gasteiger partial charge is 0.336 e. The minimum atomic E-state index is -1.39. The van der Waals surface area contributed by atoms with Crippen LogP contribution in [0.25, 0.3) is 0 Å². The maximum atomic E-state index is 10.8. The van der Waals surface area contributed by atoms with Gasteiger partial charge in [-0.2, -0.15) is 0 Å². The second-order valence-electron chi connectivity index (χ2n) is 2.85. The normalized spacial score (nSPS) is 12.1. The molecular formula is C9H8ClNO4. The van der Waals surface area contributed by atoms with Crippen molar-refractivity contribution in [1.82, 2.24) is 0 Å². The molecule has 0 aliphatic heterocycles. The Balaban J connectivity index is 3.30. The van der Waals surface area contributed by atoms with Gasteiger partial charge in [0.25, 0.3) is 0 Å². The zero-order valence-corrected chi connectivity index (χ0v) is 8.23. The molecule has 6 heteroatoms. The molecule has 80 valence electrons. The minimum Gasteiger partial charge on any atom is -0.480 e. The van der Waals surface area contributed by atoms with Gasteiger partial charge in [-0.1, -0.05) is 11.6 Å². The highest BCUT2D eigenvalue weighted by molar-refractivity contribution is 6.30. The first-order valence-corrected chi connectivity index (χ1v) is 4.32. The van der Waals surface area contributed by atoms with Gasteiger partial charge in [-0.05, 0) is 23.8 Å². The molecule has 0 saturated carbocycles. The fourth-order valence-electron chi connectivity index (χ4n) is 1.12. The van der Waals surface area contributed by atoms with Gasteiger partial charge in [0.15, 0.2) is 0 Å². The highest BCUT2D eigenvalue weighted by Gasteiger charge is 2.21. The third-order valence-corrected chi connectivity index (χ3v) is 2.08. The molecule has 0 heterocycles. The lowest BCUT2D eigenvalue weighted by Gasteiger charge is -2.10. The highest BCUT2D eigenvalue weighted by atomic mass is 35.5. The highest BCUT2D eigenvalue weighted by Crippen LogP contribution is 2.21. The summed E-state index contributed by atoms with van der Waals surface area (Å²) in [4.78, 5) is 21.4. The minimum absolute atomic E-state index is 0.0116. The Bertz CT molecular complexity index is 419. The predicted molar refractivity (Wildman–Crippen MR) is 53.0 cm³/mol. The summed E-state index contributed by atoms with van der Waals surface area (Å²) in [6, 6.07) is 2.44. The van der Waals surface area contributed by atoms with Gasteiger partial charge in [-0.25, -0.2) is 4.79 Å². The number of halogens is 1. The molecule has 0 saturated heterocycles. The molecule has 15 heavy (non-hydrogen) atoms. The van der Waals surface area contributed by atoms with Gasteiger partial charge in [0.1, 0.15) is 6.04 Å². The van der Waals surface area contributed by atoms with E-state index in [9.17, 15) is 9.59 Å². The van der Waals surface area contributed by atoms with Gasteiger partial charge in [0, 0.05) is 5.02 Å². The van der Waals surface area contributed by atoms with Crippen LogP contribution >= 0.6 is 11.6 Å². The lowest BCUT2D eigenvalue weighted by molar-refractivity contribution is -0.138. The van der Waals surface area contributed by atoms with E-state index >= 15 is 0 Å². The Morgan fingerprint density at radius 1 is 1.33 bits per heavy atom. The van der Waals surface area contributed by atoms with Crippen molar-refractivity contribution in [2.24, 2.45) is 5.73 Å². The van der Waals surface area contributed by atoms with Crippen LogP contribution in [0.15, 0.2) is 18.2 Å². The SMILES string of the molecule is NC(C(=O)O)c1cc(Cl)ccc1C(=O)O. The van der Waals surface area contributed by atoms with E-state index in [-0.39, 0.29) is 16.1 Å². The first kappa shape index (κ1) is 11.5. The van der Waals surface area contributed by atoms with Gasteiger partial charge in [0.05, 0.1) is 5.56 Å². The lowest BCUT2D eigenvalue weighted by Crippen LogP contribution is -2.23. The molecule has 4 N–H and O–H groups in total. The summed E-state index contributed by atoms with van der Waals surface area (Å²) in [6.45, 7) is 0. The summed E-state index contributed by atoms with van der Waals surface area (Å²) in [5.74, 6) is -2.54. The van der Waals surface area contributed by atoms with Crippen LogP contribution < -0.4 is 5.73 Å². The molecular weight excluding hydrogens is 222 g/mol. The van der Waals surface area contributed by atoms with Crippen LogP contribution in [-0.2, 0) is 4.79 Å². The Kier molecular flexibility index (Phi) is 3.28. The maximum absolute atomic E-state index is 10.8. The van der Waals surface area contributed by atoms with Gasteiger partial charge in [-0.15, -0.1) is 0 Å². The number of hydrogen-bond acceptors (Lipinski definition) is 3. The quantitative estimate of drug-likeness (QED) is 0.721. The third kappa shape index (κ3) is 2.45. The van der Waals surface area contributed by atoms with E-state index < -0.39 is 18.0 Å². The van der Waals surface area contributed by atoms with Crippen molar-refractivity contribution in [3.8, 4) is 0 Å². The van der Waals surface area contributed by atoms with E-state index in [2.05, 4.69) is 0 Å². The average Bonchev–Trinajstić information content (AvgIpc) is 2.15. The molecule has 0 aliphatic rings. The second kappa shape index (κ2) is 4.29. The van der Waals surface area contributed by atoms with Gasteiger partial charge < -0.3 is 15.9 Å². The van der Waals surface area contributed by atoms with E-state index in [0.29, 0.717) is 0 Å². The first-order chi connectivity index (χ1) is 6.93. The summed E-state index contributed by atoms with van der Waals surface area (Å²) in [5, 5.41) is 17.7. The van der Waals surface area contributed by atoms with E-state index in [4.69, 9.17) is 27.5 Å². The van der Waals surface area contributed by atoms with Crippen molar-refractivity contribution in [3.63, 3.8) is 0 Å². The maximum Gasteiger partial charge on any atom is 0.336 e. The Hall–Kier alpha value is -1.59. The largest absolute Gasteiger partial charge is 0.480 e. The fraction of sp³-hybridized carbons (Fsp3) is 0.111. The number of carbonyl (C=O) groups is 2. The molecule has 0 radical (unpaired) electrons. The zero-order chi connectivity index (χ0) is 11.6. The number of benzene rings is 1. The van der Waals surface area contributed by atoms with Crippen LogP contribution in [0.3, 0.4) is 0 Å². The second-order valence-corrected chi connectivity index (χ2v) is 3.29. The molecule has 0 bridgehead atoms. The van der Waals surface area contributed by atoms with Crippen LogP contribution in [0.4, 0.5) is 0 Å². The number of nitrogens with two attached hydrogens (primary N) is 1. The average molecular weight is 230 g/mol. The van der Waals surface area contributed by atoms with Gasteiger partial charge >= 0.3 is 11.9 Å². The predicted octanol–water partition coefficient (Wildman–Crippen LogP) is 1.12. The van der Waals surface area contributed by atoms with Crippen molar-refractivity contribution in [2.75, 3.05) is 0 Å². The molecule has 5 nitrogen and oxygen atoms in total. The summed E-state index contributed by atoms with van der Waals surface area (Å²) >= 11 is 5.63. The lowest BCUT2D eigenvalue weighted by atomic mass is 10.0. The van der Waals surface area contributed by atoms with E-state index in [0.717, 1.165) is 0 Å². The number of hydrogen-bond donors (Lipinski definition) is 3. The number of aromatic carboxylic acids is 1. The molecule has 1 aromatic rings. The molecule has 1 rings (SSSR count). The monoisotopic (exact) mass is 229 g/mol. The topological polar surface area (TPSA) is 101 Å². The first-order valence-electron chi connectivity index (χ1n) is 3.94. The third-order valence-electron chi connectivity index (χ3n) is 1.85. The number of aliphatic carboxylic acids is 1. The molecule has 1 unspecified atom stereocenters. The van der Waals surface area contributed by atoms with Gasteiger partial charge in [0.2, 0.25) is 0 Å². The van der Waals surface area contributed by atoms with Crippen molar-refractivity contribution >= 4 is 23.5 Å². The summed E-state index contributed by atoms with van der Waals surface area (Å²) in [7, 11) is 0. The zero-order valence-electron chi connectivity index (χ0n) is 7.48. The van der Waals surface area contributed by atoms with Crippen LogP contribution in [0, 0.1) is 0 Å². The summed E-state index contributed by atoms with van der Waals surface area (Å²) in [5.41, 5.74) is 5.15. The molecule has 0 amide bonds. The van der Waals surface area contributed by atoms with Crippen molar-refractivity contribution in [1.29, 1.82) is 0 Å². The molecule has 0 spiro atoms. The number of carboxylic acids is 2. The van der Waals surface area contributed by atoms with Crippen LogP contribution in [0.1, 0.15) is 22.0 Å². The van der Waals surface area contributed by atoms with E-state index in [1.165, 1.54) is 18.2 Å². The summed E-state index contributed by atoms with van der Waals surface area (Å²) in [6.07, 6.45) is 0. The van der Waals surface area contributed by atoms with Crippen LogP contribution in [-0.4, -0.2) is 22.2 Å². The number of carboxylic acid groups (broad SMARTS) is 2. The number of rotatable bonds is 3. The fourth-order valence-corrected chi connectivity index (χ4v) is 1.30. The molecule has 0 aliphatic carbocycles. The Labute approximate surface area is 90.1 Å². The molecule has 0 fully saturated rings. The van der Waals surface area contributed by atoms with Crippen LogP contribution in [0.5, 0.6) is 0 Å². The van der Waals surface area contributed by atoms with E-state index in [1.54, 1.807) is 0 Å². The van der Waals surface area contributed by atoms with E-state index in [1.807, 2.05) is 0 Å². The molecule has 1 aromatic carbocycles. The van der Waals surface area contributed by atoms with Gasteiger partial charge in [-0.3, -0.25) is 4.79 Å². The van der Waals surface area contributed by atoms with Crippen molar-refractivity contribution < 1.29 is 19.8 Å². The standard InChI is InChI=1S/C9H8ClNO4/c10-4-1-2-5(8(12)13)6(3-4)7(11)9(14)15/h1-3,7H,11H2,(H,12,13)(H,14,15). The van der Waals surface area contributed by atoms with Crippen LogP contribution in [0.2, 0.25) is 5.02 Å².